The van der Waals surface area contributed by atoms with Gasteiger partial charge in [0.05, 0.1) is 30.1 Å². The van der Waals surface area contributed by atoms with E-state index < -0.39 is 13.9 Å². The van der Waals surface area contributed by atoms with Gasteiger partial charge in [0.2, 0.25) is 0 Å². The smallest absolute Gasteiger partial charge is 0.167 e. The van der Waals surface area contributed by atoms with Gasteiger partial charge in [-0.2, -0.15) is 5.10 Å². The molecule has 35 heavy (non-hydrogen) atoms. The molecule has 0 N–H and O–H groups in total. The molecular weight excluding hydrogens is 465 g/mol. The summed E-state index contributed by atoms with van der Waals surface area (Å²) < 4.78 is 34.2. The molecule has 10 heteroatoms. The van der Waals surface area contributed by atoms with E-state index in [1.807, 2.05) is 13.0 Å². The van der Waals surface area contributed by atoms with Gasteiger partial charge in [-0.1, -0.05) is 19.6 Å². The van der Waals surface area contributed by atoms with Gasteiger partial charge in [-0.15, -0.1) is 0 Å². The van der Waals surface area contributed by atoms with Crippen LogP contribution in [-0.2, 0) is 16.2 Å². The first-order valence-corrected chi connectivity index (χ1v) is 16.0. The summed E-state index contributed by atoms with van der Waals surface area (Å²) in [5.74, 6) is 0.682. The molecule has 0 spiro atoms. The van der Waals surface area contributed by atoms with Gasteiger partial charge in [-0.3, -0.25) is 0 Å². The number of hydrogen-bond acceptors (Lipinski definition) is 7. The molecule has 0 radical (unpaired) electrons. The van der Waals surface area contributed by atoms with Gasteiger partial charge in [0.25, 0.3) is 0 Å². The predicted molar refractivity (Wildman–Crippen MR) is 136 cm³/mol. The Morgan fingerprint density at radius 1 is 1.11 bits per heavy atom. The highest BCUT2D eigenvalue weighted by molar-refractivity contribution is 6.76. The van der Waals surface area contributed by atoms with Crippen molar-refractivity contribution in [1.29, 1.82) is 0 Å². The summed E-state index contributed by atoms with van der Waals surface area (Å²) in [5, 5.41) is 5.48. The third-order valence-corrected chi connectivity index (χ3v) is 8.25. The average molecular weight is 500 g/mol. The van der Waals surface area contributed by atoms with Crippen molar-refractivity contribution in [2.75, 3.05) is 37.8 Å². The van der Waals surface area contributed by atoms with Crippen LogP contribution in [0.25, 0.3) is 22.3 Å². The summed E-state index contributed by atoms with van der Waals surface area (Å²) in [5.41, 5.74) is 1.75. The van der Waals surface area contributed by atoms with Crippen molar-refractivity contribution >= 4 is 24.8 Å². The summed E-state index contributed by atoms with van der Waals surface area (Å²) in [6, 6.07) is 6.23. The normalized spacial score (nSPS) is 17.7. The zero-order valence-corrected chi connectivity index (χ0v) is 22.0. The van der Waals surface area contributed by atoms with Gasteiger partial charge >= 0.3 is 0 Å². The van der Waals surface area contributed by atoms with Crippen LogP contribution in [0.3, 0.4) is 0 Å². The van der Waals surface area contributed by atoms with E-state index in [0.29, 0.717) is 31.0 Å². The van der Waals surface area contributed by atoms with Gasteiger partial charge in [0.15, 0.2) is 11.6 Å². The highest BCUT2D eigenvalue weighted by atomic mass is 28.3. The standard InChI is InChI=1S/C25H34FN5O3Si/c1-25(5-6-25)34-22-13-18-20(14-19(22)26)29-31(17-33-11-12-35(2,3)4)24(18)21-15-23(28-16-27-21)30-7-9-32-10-8-30/h13-16H,5-12,17H2,1-4H3. The van der Waals surface area contributed by atoms with E-state index in [0.717, 1.165) is 48.9 Å². The number of fused-ring (bicyclic) bond motifs is 1. The Balaban J connectivity index is 1.52. The lowest BCUT2D eigenvalue weighted by atomic mass is 10.1. The van der Waals surface area contributed by atoms with Gasteiger partial charge in [-0.25, -0.2) is 19.0 Å². The number of rotatable bonds is 9. The molecule has 0 unspecified atom stereocenters. The summed E-state index contributed by atoms with van der Waals surface area (Å²) in [6.07, 6.45) is 3.42. The van der Waals surface area contributed by atoms with Crippen molar-refractivity contribution in [3.8, 4) is 17.1 Å². The van der Waals surface area contributed by atoms with Gasteiger partial charge < -0.3 is 19.1 Å². The van der Waals surface area contributed by atoms with Crippen molar-refractivity contribution in [2.24, 2.45) is 0 Å². The fourth-order valence-corrected chi connectivity index (χ4v) is 4.85. The van der Waals surface area contributed by atoms with Crippen LogP contribution >= 0.6 is 0 Å². The number of nitrogens with zero attached hydrogens (tertiary/aromatic N) is 5. The number of morpholine rings is 1. The summed E-state index contributed by atoms with van der Waals surface area (Å²) >= 11 is 0. The molecule has 2 aliphatic rings. The van der Waals surface area contributed by atoms with Crippen LogP contribution in [0.5, 0.6) is 5.75 Å². The topological polar surface area (TPSA) is 74.5 Å². The molecule has 1 aromatic carbocycles. The summed E-state index contributed by atoms with van der Waals surface area (Å²) in [4.78, 5) is 11.3. The molecule has 2 fully saturated rings. The van der Waals surface area contributed by atoms with E-state index in [2.05, 4.69) is 34.5 Å². The molecule has 5 rings (SSSR count). The number of anilines is 1. The third kappa shape index (κ3) is 5.65. The fourth-order valence-electron chi connectivity index (χ4n) is 4.09. The molecule has 0 amide bonds. The number of halogens is 1. The van der Waals surface area contributed by atoms with E-state index >= 15 is 0 Å². The van der Waals surface area contributed by atoms with Crippen LogP contribution in [0, 0.1) is 5.82 Å². The summed E-state index contributed by atoms with van der Waals surface area (Å²) in [7, 11) is -1.22. The molecule has 1 aliphatic carbocycles. The highest BCUT2D eigenvalue weighted by Gasteiger charge is 2.40. The highest BCUT2D eigenvalue weighted by Crippen LogP contribution is 2.42. The lowest BCUT2D eigenvalue weighted by Gasteiger charge is -2.27. The first-order chi connectivity index (χ1) is 16.7. The number of aromatic nitrogens is 4. The van der Waals surface area contributed by atoms with Crippen LogP contribution in [0.15, 0.2) is 24.5 Å². The first-order valence-electron chi connectivity index (χ1n) is 12.3. The average Bonchev–Trinajstić information content (AvgIpc) is 3.45. The lowest BCUT2D eigenvalue weighted by Crippen LogP contribution is -2.36. The molecule has 1 saturated heterocycles. The molecular formula is C25H34FN5O3Si. The maximum absolute atomic E-state index is 14.9. The Morgan fingerprint density at radius 2 is 1.89 bits per heavy atom. The molecule has 188 valence electrons. The molecule has 2 aromatic heterocycles. The zero-order valence-electron chi connectivity index (χ0n) is 21.0. The van der Waals surface area contributed by atoms with Crippen molar-refractivity contribution in [2.45, 2.75) is 57.8 Å². The number of hydrogen-bond donors (Lipinski definition) is 0. The lowest BCUT2D eigenvalue weighted by molar-refractivity contribution is 0.0802. The Hall–Kier alpha value is -2.56. The monoisotopic (exact) mass is 499 g/mol. The Bertz CT molecular complexity index is 1200. The van der Waals surface area contributed by atoms with E-state index in [9.17, 15) is 4.39 Å². The molecule has 3 aromatic rings. The Labute approximate surface area is 206 Å². The van der Waals surface area contributed by atoms with Crippen molar-refractivity contribution in [1.82, 2.24) is 19.7 Å². The third-order valence-electron chi connectivity index (χ3n) is 6.54. The number of benzene rings is 1. The minimum atomic E-state index is -1.22. The van der Waals surface area contributed by atoms with E-state index in [4.69, 9.17) is 19.3 Å². The predicted octanol–water partition coefficient (Wildman–Crippen LogP) is 4.71. The minimum absolute atomic E-state index is 0.250. The SMILES string of the molecule is CC1(Oc2cc3c(-c4cc(N5CCOCC5)ncn4)n(COCC[Si](C)(C)C)nc3cc2F)CC1. The van der Waals surface area contributed by atoms with Crippen LogP contribution in [-0.4, -0.2) is 66.3 Å². The van der Waals surface area contributed by atoms with E-state index in [-0.39, 0.29) is 18.1 Å². The zero-order chi connectivity index (χ0) is 24.6. The molecule has 3 heterocycles. The Morgan fingerprint density at radius 3 is 2.60 bits per heavy atom. The van der Waals surface area contributed by atoms with E-state index in [1.165, 1.54) is 6.07 Å². The van der Waals surface area contributed by atoms with Gasteiger partial charge in [0, 0.05) is 45.3 Å². The maximum atomic E-state index is 14.9. The van der Waals surface area contributed by atoms with Crippen LogP contribution in [0.2, 0.25) is 25.7 Å². The van der Waals surface area contributed by atoms with Gasteiger partial charge in [0.1, 0.15) is 24.5 Å². The first kappa shape index (κ1) is 24.1. The second-order valence-corrected chi connectivity index (χ2v) is 16.5. The molecule has 0 atom stereocenters. The Kier molecular flexibility index (Phi) is 6.54. The van der Waals surface area contributed by atoms with Crippen molar-refractivity contribution < 1.29 is 18.6 Å². The molecule has 1 aliphatic heterocycles. The second kappa shape index (κ2) is 9.48. The molecule has 0 bridgehead atoms. The quantitative estimate of drug-likeness (QED) is 0.312. The number of ether oxygens (including phenoxy) is 3. The van der Waals surface area contributed by atoms with Crippen molar-refractivity contribution in [3.63, 3.8) is 0 Å². The molecule has 1 saturated carbocycles. The summed E-state index contributed by atoms with van der Waals surface area (Å²) in [6.45, 7) is 12.8. The molecule has 8 nitrogen and oxygen atoms in total. The second-order valence-electron chi connectivity index (χ2n) is 10.9. The largest absolute Gasteiger partial charge is 0.484 e. The maximum Gasteiger partial charge on any atom is 0.167 e. The van der Waals surface area contributed by atoms with Crippen molar-refractivity contribution in [3.05, 3.63) is 30.3 Å². The van der Waals surface area contributed by atoms with Gasteiger partial charge in [-0.05, 0) is 31.9 Å². The van der Waals surface area contributed by atoms with E-state index in [1.54, 1.807) is 17.1 Å². The fraction of sp³-hybridized carbons (Fsp3) is 0.560. The minimum Gasteiger partial charge on any atom is -0.484 e. The van der Waals surface area contributed by atoms with Crippen LogP contribution in [0.4, 0.5) is 10.2 Å². The van der Waals surface area contributed by atoms with Crippen LogP contribution in [0.1, 0.15) is 19.8 Å². The van der Waals surface area contributed by atoms with Crippen LogP contribution < -0.4 is 9.64 Å².